The highest BCUT2D eigenvalue weighted by Gasteiger charge is 2.10. The van der Waals surface area contributed by atoms with Crippen molar-refractivity contribution in [2.75, 3.05) is 13.6 Å². The van der Waals surface area contributed by atoms with E-state index in [4.69, 9.17) is 10.5 Å². The van der Waals surface area contributed by atoms with E-state index in [1.165, 1.54) is 0 Å². The molecule has 0 aliphatic carbocycles. The molecule has 0 saturated heterocycles. The number of amidine groups is 1. The zero-order valence-corrected chi connectivity index (χ0v) is 8.50. The van der Waals surface area contributed by atoms with Crippen LogP contribution in [0, 0.1) is 11.3 Å². The smallest absolute Gasteiger partial charge is 0.306 e. The van der Waals surface area contributed by atoms with E-state index in [0.717, 1.165) is 13.0 Å². The monoisotopic (exact) mass is 186 g/mol. The molecule has 76 valence electrons. The molecule has 0 aromatic rings. The Morgan fingerprint density at radius 1 is 1.62 bits per heavy atom. The van der Waals surface area contributed by atoms with Gasteiger partial charge in [0.15, 0.2) is 0 Å². The summed E-state index contributed by atoms with van der Waals surface area (Å²) < 4.78 is 0. The zero-order chi connectivity index (χ0) is 10.4. The molecule has 4 nitrogen and oxygen atoms in total. The molecule has 1 atom stereocenters. The second-order valence-corrected chi connectivity index (χ2v) is 3.39. The molecule has 13 heavy (non-hydrogen) atoms. The summed E-state index contributed by atoms with van der Waals surface area (Å²) in [6.45, 7) is 4.19. The van der Waals surface area contributed by atoms with E-state index >= 15 is 0 Å². The number of nitrogens with zero attached hydrogens (tertiary/aromatic N) is 1. The van der Waals surface area contributed by atoms with E-state index in [1.807, 2.05) is 11.9 Å². The van der Waals surface area contributed by atoms with Crippen molar-refractivity contribution in [2.45, 2.75) is 26.7 Å². The average Bonchev–Trinajstić information content (AvgIpc) is 2.03. The first-order valence-electron chi connectivity index (χ1n) is 4.44. The van der Waals surface area contributed by atoms with E-state index in [9.17, 15) is 4.79 Å². The Bertz CT molecular complexity index is 172. The minimum Gasteiger partial charge on any atom is -0.481 e. The first kappa shape index (κ1) is 11.9. The Balaban J connectivity index is 3.56. The molecule has 0 saturated carbocycles. The van der Waals surface area contributed by atoms with Gasteiger partial charge in [-0.2, -0.15) is 0 Å². The summed E-state index contributed by atoms with van der Waals surface area (Å²) in [7, 11) is 1.84. The number of hydrogen-bond acceptors (Lipinski definition) is 2. The van der Waals surface area contributed by atoms with Gasteiger partial charge in [0.2, 0.25) is 0 Å². The second kappa shape index (κ2) is 5.56. The number of rotatable bonds is 5. The fourth-order valence-electron chi connectivity index (χ4n) is 0.926. The third-order valence-corrected chi connectivity index (χ3v) is 2.12. The first-order chi connectivity index (χ1) is 5.95. The van der Waals surface area contributed by atoms with Crippen molar-refractivity contribution in [2.24, 2.45) is 5.92 Å². The SMILES string of the molecule is CC(=N)N(C)CCC[C@@H](C)C(=O)O. The van der Waals surface area contributed by atoms with Crippen LogP contribution in [-0.4, -0.2) is 35.4 Å². The second-order valence-electron chi connectivity index (χ2n) is 3.39. The highest BCUT2D eigenvalue weighted by molar-refractivity contribution is 5.75. The molecule has 0 amide bonds. The number of carboxylic acids is 1. The lowest BCUT2D eigenvalue weighted by Gasteiger charge is -2.17. The van der Waals surface area contributed by atoms with Gasteiger partial charge in [-0.3, -0.25) is 10.2 Å². The van der Waals surface area contributed by atoms with Gasteiger partial charge in [-0.25, -0.2) is 0 Å². The summed E-state index contributed by atoms with van der Waals surface area (Å²) in [5, 5.41) is 15.9. The summed E-state index contributed by atoms with van der Waals surface area (Å²) in [5.41, 5.74) is 0. The molecule has 0 aliphatic heterocycles. The zero-order valence-electron chi connectivity index (χ0n) is 8.50. The average molecular weight is 186 g/mol. The Labute approximate surface area is 79.1 Å². The van der Waals surface area contributed by atoms with Crippen molar-refractivity contribution in [3.8, 4) is 0 Å². The predicted molar refractivity (Wildman–Crippen MR) is 52.1 cm³/mol. The summed E-state index contributed by atoms with van der Waals surface area (Å²) >= 11 is 0. The maximum absolute atomic E-state index is 10.5. The quantitative estimate of drug-likeness (QED) is 0.504. The van der Waals surface area contributed by atoms with Crippen molar-refractivity contribution in [3.05, 3.63) is 0 Å². The summed E-state index contributed by atoms with van der Waals surface area (Å²) in [6, 6.07) is 0. The first-order valence-corrected chi connectivity index (χ1v) is 4.44. The highest BCUT2D eigenvalue weighted by atomic mass is 16.4. The minimum atomic E-state index is -0.741. The molecule has 0 spiro atoms. The van der Waals surface area contributed by atoms with Crippen LogP contribution < -0.4 is 0 Å². The van der Waals surface area contributed by atoms with Gasteiger partial charge in [-0.1, -0.05) is 6.92 Å². The molecule has 0 heterocycles. The maximum atomic E-state index is 10.5. The third-order valence-electron chi connectivity index (χ3n) is 2.12. The van der Waals surface area contributed by atoms with Gasteiger partial charge in [-0.05, 0) is 19.8 Å². The van der Waals surface area contributed by atoms with Crippen LogP contribution in [-0.2, 0) is 4.79 Å². The number of aliphatic carboxylic acids is 1. The van der Waals surface area contributed by atoms with Gasteiger partial charge < -0.3 is 10.0 Å². The van der Waals surface area contributed by atoms with Gasteiger partial charge in [-0.15, -0.1) is 0 Å². The van der Waals surface area contributed by atoms with E-state index in [2.05, 4.69) is 0 Å². The van der Waals surface area contributed by atoms with Gasteiger partial charge >= 0.3 is 5.97 Å². The Kier molecular flexibility index (Phi) is 5.11. The topological polar surface area (TPSA) is 64.4 Å². The maximum Gasteiger partial charge on any atom is 0.306 e. The molecule has 0 aliphatic rings. The van der Waals surface area contributed by atoms with Crippen LogP contribution in [0.25, 0.3) is 0 Å². The fraction of sp³-hybridized carbons (Fsp3) is 0.778. The van der Waals surface area contributed by atoms with Crippen molar-refractivity contribution < 1.29 is 9.90 Å². The van der Waals surface area contributed by atoms with Gasteiger partial charge in [0.25, 0.3) is 0 Å². The van der Waals surface area contributed by atoms with Crippen molar-refractivity contribution in [1.29, 1.82) is 5.41 Å². The van der Waals surface area contributed by atoms with Gasteiger partial charge in [0.1, 0.15) is 0 Å². The lowest BCUT2D eigenvalue weighted by molar-refractivity contribution is -0.141. The summed E-state index contributed by atoms with van der Waals surface area (Å²) in [6.07, 6.45) is 1.49. The molecule has 0 rings (SSSR count). The standard InChI is InChI=1S/C9H18N2O2/c1-7(9(12)13)5-4-6-11(3)8(2)10/h7,10H,4-6H2,1-3H3,(H,12,13)/t7-/m1/s1. The lowest BCUT2D eigenvalue weighted by Crippen LogP contribution is -2.25. The molecule has 0 aromatic carbocycles. The normalized spacial score (nSPS) is 12.2. The number of carbonyl (C=O) groups is 1. The van der Waals surface area contributed by atoms with Gasteiger partial charge in [0.05, 0.1) is 11.8 Å². The van der Waals surface area contributed by atoms with Crippen LogP contribution >= 0.6 is 0 Å². The molecule has 4 heteroatoms. The van der Waals surface area contributed by atoms with E-state index in [-0.39, 0.29) is 5.92 Å². The van der Waals surface area contributed by atoms with Crippen molar-refractivity contribution in [1.82, 2.24) is 4.90 Å². The molecule has 0 radical (unpaired) electrons. The number of carboxylic acid groups (broad SMARTS) is 1. The Hall–Kier alpha value is -1.06. The molecule has 0 bridgehead atoms. The highest BCUT2D eigenvalue weighted by Crippen LogP contribution is 2.05. The number of nitrogens with one attached hydrogen (secondary N) is 1. The van der Waals surface area contributed by atoms with Crippen LogP contribution in [0.3, 0.4) is 0 Å². The number of hydrogen-bond donors (Lipinski definition) is 2. The van der Waals surface area contributed by atoms with E-state index in [1.54, 1.807) is 13.8 Å². The van der Waals surface area contributed by atoms with Crippen LogP contribution in [0.4, 0.5) is 0 Å². The minimum absolute atomic E-state index is 0.278. The Morgan fingerprint density at radius 2 is 2.15 bits per heavy atom. The molecular weight excluding hydrogens is 168 g/mol. The Morgan fingerprint density at radius 3 is 2.54 bits per heavy atom. The van der Waals surface area contributed by atoms with Gasteiger partial charge in [0, 0.05) is 13.6 Å². The van der Waals surface area contributed by atoms with Crippen LogP contribution in [0.5, 0.6) is 0 Å². The van der Waals surface area contributed by atoms with E-state index < -0.39 is 5.97 Å². The summed E-state index contributed by atoms with van der Waals surface area (Å²) in [5.74, 6) is -0.503. The van der Waals surface area contributed by atoms with Crippen LogP contribution in [0.1, 0.15) is 26.7 Å². The fourth-order valence-corrected chi connectivity index (χ4v) is 0.926. The molecule has 0 fully saturated rings. The molecule has 0 aromatic heterocycles. The van der Waals surface area contributed by atoms with Crippen LogP contribution in [0.15, 0.2) is 0 Å². The predicted octanol–water partition coefficient (Wildman–Crippen LogP) is 1.42. The van der Waals surface area contributed by atoms with Crippen LogP contribution in [0.2, 0.25) is 0 Å². The van der Waals surface area contributed by atoms with E-state index in [0.29, 0.717) is 12.3 Å². The van der Waals surface area contributed by atoms with Crippen molar-refractivity contribution >= 4 is 11.8 Å². The third kappa shape index (κ3) is 5.22. The summed E-state index contributed by atoms with van der Waals surface area (Å²) in [4.78, 5) is 12.3. The molecular formula is C9H18N2O2. The van der Waals surface area contributed by atoms with Crippen molar-refractivity contribution in [3.63, 3.8) is 0 Å². The molecule has 0 unspecified atom stereocenters. The largest absolute Gasteiger partial charge is 0.481 e. The molecule has 2 N–H and O–H groups in total. The lowest BCUT2D eigenvalue weighted by atomic mass is 10.1.